The van der Waals surface area contributed by atoms with Crippen LogP contribution in [0.1, 0.15) is 70.9 Å². The van der Waals surface area contributed by atoms with Crippen LogP contribution in [0.4, 0.5) is 0 Å². The van der Waals surface area contributed by atoms with Crippen LogP contribution in [-0.2, 0) is 6.42 Å². The van der Waals surface area contributed by atoms with Gasteiger partial charge in [-0.2, -0.15) is 0 Å². The largest absolute Gasteiger partial charge is 0.354 e. The van der Waals surface area contributed by atoms with E-state index in [0.717, 1.165) is 23.2 Å². The van der Waals surface area contributed by atoms with Crippen LogP contribution < -0.4 is 5.32 Å². The first-order chi connectivity index (χ1) is 11.9. The number of aryl methyl sites for hydroxylation is 1. The van der Waals surface area contributed by atoms with Crippen molar-refractivity contribution in [1.29, 1.82) is 0 Å². The molecule has 1 aliphatic rings. The summed E-state index contributed by atoms with van der Waals surface area (Å²) >= 11 is 0. The Morgan fingerprint density at radius 1 is 1.28 bits per heavy atom. The number of aromatic nitrogens is 1. The zero-order valence-corrected chi connectivity index (χ0v) is 15.3. The Morgan fingerprint density at radius 2 is 1.92 bits per heavy atom. The molecule has 4 nitrogen and oxygen atoms in total. The Labute approximate surface area is 149 Å². The maximum absolute atomic E-state index is 13.0. The summed E-state index contributed by atoms with van der Waals surface area (Å²) in [6.45, 7) is 7.60. The van der Waals surface area contributed by atoms with Gasteiger partial charge in [-0.05, 0) is 49.7 Å². The van der Waals surface area contributed by atoms with E-state index in [2.05, 4.69) is 29.4 Å². The first kappa shape index (κ1) is 17.5. The van der Waals surface area contributed by atoms with E-state index in [1.54, 1.807) is 6.92 Å². The molecule has 1 fully saturated rings. The van der Waals surface area contributed by atoms with Crippen molar-refractivity contribution in [3.8, 4) is 0 Å². The Hall–Kier alpha value is -2.36. The number of hydrogen-bond acceptors (Lipinski definition) is 2. The van der Waals surface area contributed by atoms with Gasteiger partial charge in [0.1, 0.15) is 5.69 Å². The highest BCUT2D eigenvalue weighted by Gasteiger charge is 2.41. The lowest BCUT2D eigenvalue weighted by atomic mass is 9.99. The van der Waals surface area contributed by atoms with Crippen molar-refractivity contribution >= 4 is 11.7 Å². The molecule has 1 aliphatic carbocycles. The Balaban J connectivity index is 1.90. The van der Waals surface area contributed by atoms with Gasteiger partial charge in [0.25, 0.3) is 5.91 Å². The van der Waals surface area contributed by atoms with E-state index in [1.807, 2.05) is 32.0 Å². The van der Waals surface area contributed by atoms with Gasteiger partial charge in [-0.15, -0.1) is 0 Å². The number of hydrogen-bond donors (Lipinski definition) is 2. The lowest BCUT2D eigenvalue weighted by molar-refractivity contribution is 0.0925. The Bertz CT molecular complexity index is 792. The molecule has 4 heteroatoms. The first-order valence-electron chi connectivity index (χ1n) is 9.02. The fraction of sp³-hybridized carbons (Fsp3) is 0.429. The topological polar surface area (TPSA) is 62.0 Å². The summed E-state index contributed by atoms with van der Waals surface area (Å²) in [4.78, 5) is 28.1. The molecule has 0 spiro atoms. The highest BCUT2D eigenvalue weighted by Crippen LogP contribution is 2.47. The van der Waals surface area contributed by atoms with Gasteiger partial charge in [0, 0.05) is 11.3 Å². The molecule has 1 amide bonds. The van der Waals surface area contributed by atoms with E-state index in [4.69, 9.17) is 0 Å². The van der Waals surface area contributed by atoms with Gasteiger partial charge in [0.05, 0.1) is 6.04 Å². The number of aromatic amines is 1. The minimum absolute atomic E-state index is 0.0000690. The van der Waals surface area contributed by atoms with E-state index < -0.39 is 0 Å². The maximum Gasteiger partial charge on any atom is 0.268 e. The Morgan fingerprint density at radius 3 is 2.44 bits per heavy atom. The fourth-order valence-electron chi connectivity index (χ4n) is 3.83. The second kappa shape index (κ2) is 6.87. The van der Waals surface area contributed by atoms with E-state index in [1.165, 1.54) is 0 Å². The van der Waals surface area contributed by atoms with Crippen molar-refractivity contribution in [2.45, 2.75) is 46.6 Å². The monoisotopic (exact) mass is 338 g/mol. The van der Waals surface area contributed by atoms with Gasteiger partial charge in [-0.25, -0.2) is 0 Å². The molecule has 0 saturated heterocycles. The van der Waals surface area contributed by atoms with Crippen LogP contribution >= 0.6 is 0 Å². The summed E-state index contributed by atoms with van der Waals surface area (Å²) < 4.78 is 0. The number of rotatable bonds is 6. The number of carbonyl (C=O) groups is 2. The molecule has 2 aromatic rings. The lowest BCUT2D eigenvalue weighted by Gasteiger charge is -2.19. The van der Waals surface area contributed by atoms with Crippen molar-refractivity contribution in [3.05, 3.63) is 58.4 Å². The van der Waals surface area contributed by atoms with Gasteiger partial charge in [0.2, 0.25) is 0 Å². The quantitative estimate of drug-likeness (QED) is 0.775. The zero-order valence-electron chi connectivity index (χ0n) is 15.3. The zero-order chi connectivity index (χ0) is 18.1. The minimum Gasteiger partial charge on any atom is -0.354 e. The normalized spacial score (nSPS) is 20.2. The fourth-order valence-corrected chi connectivity index (χ4v) is 3.83. The number of ketones is 1. The highest BCUT2D eigenvalue weighted by molar-refractivity contribution is 6.02. The van der Waals surface area contributed by atoms with Crippen LogP contribution in [-0.4, -0.2) is 16.7 Å². The second-order valence-electron chi connectivity index (χ2n) is 7.13. The molecule has 3 rings (SSSR count). The van der Waals surface area contributed by atoms with Gasteiger partial charge < -0.3 is 10.3 Å². The van der Waals surface area contributed by atoms with Crippen LogP contribution in [0.3, 0.4) is 0 Å². The molecule has 1 saturated carbocycles. The van der Waals surface area contributed by atoms with Gasteiger partial charge in [-0.3, -0.25) is 9.59 Å². The van der Waals surface area contributed by atoms with E-state index in [9.17, 15) is 9.59 Å². The third-order valence-electron chi connectivity index (χ3n) is 5.27. The van der Waals surface area contributed by atoms with Crippen LogP contribution in [0, 0.1) is 18.8 Å². The molecule has 132 valence electrons. The third kappa shape index (κ3) is 3.39. The molecule has 1 heterocycles. The molecular weight excluding hydrogens is 312 g/mol. The SMILES string of the molecule is CCc1c(C(=O)NC(c2ccccc2)C2CC2C)[nH]c(C)c1C(C)=O. The van der Waals surface area contributed by atoms with Crippen molar-refractivity contribution in [3.63, 3.8) is 0 Å². The maximum atomic E-state index is 13.0. The molecule has 2 N–H and O–H groups in total. The number of Topliss-reactive ketones (excluding diaryl/α,β-unsaturated/α-hetero) is 1. The van der Waals surface area contributed by atoms with Crippen LogP contribution in [0.15, 0.2) is 30.3 Å². The molecule has 3 atom stereocenters. The molecule has 0 bridgehead atoms. The molecule has 1 aromatic heterocycles. The Kier molecular flexibility index (Phi) is 4.80. The lowest BCUT2D eigenvalue weighted by Crippen LogP contribution is -2.31. The first-order valence-corrected chi connectivity index (χ1v) is 9.02. The summed E-state index contributed by atoms with van der Waals surface area (Å²) in [6, 6.07) is 10.1. The number of carbonyl (C=O) groups excluding carboxylic acids is 2. The second-order valence-corrected chi connectivity index (χ2v) is 7.13. The van der Waals surface area contributed by atoms with Crippen molar-refractivity contribution in [1.82, 2.24) is 10.3 Å². The summed E-state index contributed by atoms with van der Waals surface area (Å²) in [7, 11) is 0. The molecule has 0 aliphatic heterocycles. The van der Waals surface area contributed by atoms with Crippen LogP contribution in [0.5, 0.6) is 0 Å². The average Bonchev–Trinajstić information content (AvgIpc) is 3.20. The summed E-state index contributed by atoms with van der Waals surface area (Å²) in [5.74, 6) is 0.967. The third-order valence-corrected chi connectivity index (χ3v) is 5.27. The molecular formula is C21H26N2O2. The van der Waals surface area contributed by atoms with E-state index >= 15 is 0 Å². The van der Waals surface area contributed by atoms with Crippen LogP contribution in [0.2, 0.25) is 0 Å². The van der Waals surface area contributed by atoms with Gasteiger partial charge >= 0.3 is 0 Å². The number of nitrogens with one attached hydrogen (secondary N) is 2. The van der Waals surface area contributed by atoms with Crippen molar-refractivity contribution < 1.29 is 9.59 Å². The van der Waals surface area contributed by atoms with Crippen LogP contribution in [0.25, 0.3) is 0 Å². The standard InChI is InChI=1S/C21H26N2O2/c1-5-16-18(14(4)24)13(3)22-20(16)21(25)23-19(17-11-12(17)2)15-9-7-6-8-10-15/h6-10,12,17,19,22H,5,11H2,1-4H3,(H,23,25). The van der Waals surface area contributed by atoms with Crippen molar-refractivity contribution in [2.75, 3.05) is 0 Å². The van der Waals surface area contributed by atoms with Crippen molar-refractivity contribution in [2.24, 2.45) is 11.8 Å². The van der Waals surface area contributed by atoms with E-state index in [-0.39, 0.29) is 17.7 Å². The van der Waals surface area contributed by atoms with E-state index in [0.29, 0.717) is 29.5 Å². The minimum atomic E-state index is -0.125. The van der Waals surface area contributed by atoms with Gasteiger partial charge in [-0.1, -0.05) is 44.2 Å². The highest BCUT2D eigenvalue weighted by atomic mass is 16.2. The summed E-state index contributed by atoms with van der Waals surface area (Å²) in [6.07, 6.45) is 1.78. The number of amides is 1. The predicted octanol–water partition coefficient (Wildman–Crippen LogP) is 4.22. The number of H-pyrrole nitrogens is 1. The number of benzene rings is 1. The molecule has 0 radical (unpaired) electrons. The molecule has 1 aromatic carbocycles. The molecule has 25 heavy (non-hydrogen) atoms. The predicted molar refractivity (Wildman–Crippen MR) is 98.8 cm³/mol. The summed E-state index contributed by atoms with van der Waals surface area (Å²) in [5, 5.41) is 3.21. The smallest absolute Gasteiger partial charge is 0.268 e. The van der Waals surface area contributed by atoms with Gasteiger partial charge in [0.15, 0.2) is 5.78 Å². The summed E-state index contributed by atoms with van der Waals surface area (Å²) in [5.41, 5.74) is 3.91. The average molecular weight is 338 g/mol. The molecule has 3 unspecified atom stereocenters.